The lowest BCUT2D eigenvalue weighted by Gasteiger charge is -2.34. The second kappa shape index (κ2) is 12.1. The van der Waals surface area contributed by atoms with Crippen LogP contribution in [0.1, 0.15) is 44.1 Å². The van der Waals surface area contributed by atoms with Gasteiger partial charge < -0.3 is 15.7 Å². The Labute approximate surface area is 227 Å². The number of nitrogens with zero attached hydrogens (tertiary/aromatic N) is 2. The molecule has 2 aromatic rings. The molecule has 3 N–H and O–H groups in total. The van der Waals surface area contributed by atoms with Crippen LogP contribution in [-0.4, -0.2) is 65.9 Å². The molecular formula is C27H33FN4O6S. The number of rotatable bonds is 8. The fraction of sp³-hybridized carbons (Fsp3) is 0.444. The minimum Gasteiger partial charge on any atom is -0.481 e. The van der Waals surface area contributed by atoms with Crippen molar-refractivity contribution in [2.45, 2.75) is 62.6 Å². The molecule has 39 heavy (non-hydrogen) atoms. The van der Waals surface area contributed by atoms with Crippen molar-refractivity contribution >= 4 is 33.6 Å². The molecule has 12 heteroatoms. The van der Waals surface area contributed by atoms with Gasteiger partial charge in [0.15, 0.2) is 6.17 Å². The number of carboxylic acids is 1. The minimum atomic E-state index is -4.31. The molecular weight excluding hydrogens is 527 g/mol. The van der Waals surface area contributed by atoms with Crippen LogP contribution in [0.2, 0.25) is 0 Å². The highest BCUT2D eigenvalue weighted by molar-refractivity contribution is 7.89. The predicted molar refractivity (Wildman–Crippen MR) is 142 cm³/mol. The summed E-state index contributed by atoms with van der Waals surface area (Å²) in [5, 5.41) is 15.0. The van der Waals surface area contributed by atoms with E-state index in [9.17, 15) is 32.3 Å². The van der Waals surface area contributed by atoms with Gasteiger partial charge in [-0.05, 0) is 67.6 Å². The van der Waals surface area contributed by atoms with Gasteiger partial charge in [-0.2, -0.15) is 4.31 Å². The van der Waals surface area contributed by atoms with E-state index >= 15 is 0 Å². The lowest BCUT2D eigenvalue weighted by molar-refractivity contribution is -0.138. The lowest BCUT2D eigenvalue weighted by atomic mass is 9.82. The maximum atomic E-state index is 13.8. The first-order valence-corrected chi connectivity index (χ1v) is 14.4. The van der Waals surface area contributed by atoms with E-state index in [0.717, 1.165) is 71.1 Å². The van der Waals surface area contributed by atoms with Crippen LogP contribution in [0.5, 0.6) is 0 Å². The van der Waals surface area contributed by atoms with Crippen LogP contribution >= 0.6 is 0 Å². The maximum Gasteiger partial charge on any atom is 0.323 e. The van der Waals surface area contributed by atoms with Crippen molar-refractivity contribution in [2.24, 2.45) is 5.92 Å². The molecule has 0 bridgehead atoms. The van der Waals surface area contributed by atoms with Crippen LogP contribution in [0, 0.1) is 18.7 Å². The first kappa shape index (κ1) is 28.5. The Balaban J connectivity index is 1.65. The molecule has 1 saturated heterocycles. The summed E-state index contributed by atoms with van der Waals surface area (Å²) in [6.07, 6.45) is 2.47. The van der Waals surface area contributed by atoms with Crippen molar-refractivity contribution in [1.29, 1.82) is 0 Å². The number of benzene rings is 2. The Hall–Kier alpha value is -3.51. The Morgan fingerprint density at radius 1 is 1.05 bits per heavy atom. The van der Waals surface area contributed by atoms with Gasteiger partial charge in [0.25, 0.3) is 5.91 Å². The van der Waals surface area contributed by atoms with Gasteiger partial charge in [0.2, 0.25) is 10.0 Å². The van der Waals surface area contributed by atoms with Gasteiger partial charge in [0, 0.05) is 24.8 Å². The molecule has 4 rings (SSSR count). The fourth-order valence-electron chi connectivity index (χ4n) is 5.32. The molecule has 0 aromatic heterocycles. The molecule has 1 aliphatic heterocycles. The molecule has 2 unspecified atom stereocenters. The van der Waals surface area contributed by atoms with Gasteiger partial charge in [-0.1, -0.05) is 31.4 Å². The number of halogens is 1. The molecule has 2 aliphatic rings. The van der Waals surface area contributed by atoms with Crippen LogP contribution in [0.4, 0.5) is 14.9 Å². The Bertz CT molecular complexity index is 1310. The normalized spacial score (nSPS) is 19.4. The predicted octanol–water partition coefficient (Wildman–Crippen LogP) is 3.54. The highest BCUT2D eigenvalue weighted by Crippen LogP contribution is 2.30. The Morgan fingerprint density at radius 3 is 2.38 bits per heavy atom. The topological polar surface area (TPSA) is 136 Å². The van der Waals surface area contributed by atoms with Crippen LogP contribution < -0.4 is 10.6 Å². The van der Waals surface area contributed by atoms with E-state index in [2.05, 4.69) is 10.6 Å². The van der Waals surface area contributed by atoms with E-state index in [0.29, 0.717) is 5.69 Å². The number of amides is 3. The van der Waals surface area contributed by atoms with Crippen molar-refractivity contribution in [1.82, 2.24) is 14.5 Å². The number of aryl methyl sites for hydroxylation is 1. The largest absolute Gasteiger partial charge is 0.481 e. The molecule has 1 aliphatic carbocycles. The second-order valence-electron chi connectivity index (χ2n) is 10.0. The van der Waals surface area contributed by atoms with E-state index in [-0.39, 0.29) is 30.3 Å². The van der Waals surface area contributed by atoms with Crippen molar-refractivity contribution in [3.05, 3.63) is 59.9 Å². The number of carboxylic acid groups (broad SMARTS) is 1. The molecule has 2 atom stereocenters. The van der Waals surface area contributed by atoms with Crippen molar-refractivity contribution in [3.8, 4) is 0 Å². The van der Waals surface area contributed by atoms with Crippen LogP contribution in [-0.2, 0) is 19.6 Å². The molecule has 2 aromatic carbocycles. The highest BCUT2D eigenvalue weighted by atomic mass is 32.2. The number of carbonyl (C=O) groups excluding carboxylic acids is 2. The molecule has 210 valence electrons. The van der Waals surface area contributed by atoms with Gasteiger partial charge in [-0.25, -0.2) is 17.6 Å². The van der Waals surface area contributed by atoms with Gasteiger partial charge in [0.1, 0.15) is 5.82 Å². The summed E-state index contributed by atoms with van der Waals surface area (Å²) in [6, 6.07) is 9.85. The summed E-state index contributed by atoms with van der Waals surface area (Å²) in [4.78, 5) is 39.6. The first-order chi connectivity index (χ1) is 18.6. The average molecular weight is 561 g/mol. The average Bonchev–Trinajstić information content (AvgIpc) is 3.35. The number of hydrogen-bond donors (Lipinski definition) is 3. The summed E-state index contributed by atoms with van der Waals surface area (Å²) in [6.45, 7) is 1.60. The molecule has 10 nitrogen and oxygen atoms in total. The van der Waals surface area contributed by atoms with Gasteiger partial charge in [-0.3, -0.25) is 14.5 Å². The first-order valence-electron chi connectivity index (χ1n) is 13.0. The number of nitrogens with one attached hydrogen (secondary N) is 2. The molecule has 1 heterocycles. The van der Waals surface area contributed by atoms with Crippen LogP contribution in [0.15, 0.2) is 53.4 Å². The molecule has 3 amide bonds. The van der Waals surface area contributed by atoms with E-state index in [4.69, 9.17) is 0 Å². The number of anilines is 1. The number of urea groups is 1. The lowest BCUT2D eigenvalue weighted by Crippen LogP contribution is -2.57. The minimum absolute atomic E-state index is 0.0723. The van der Waals surface area contributed by atoms with Crippen molar-refractivity contribution in [2.75, 3.05) is 18.4 Å². The van der Waals surface area contributed by atoms with Gasteiger partial charge in [0.05, 0.1) is 11.3 Å². The number of hydrogen-bond acceptors (Lipinski definition) is 5. The zero-order valence-corrected chi connectivity index (χ0v) is 22.5. The summed E-state index contributed by atoms with van der Waals surface area (Å²) < 4.78 is 41.5. The quantitative estimate of drug-likeness (QED) is 0.452. The smallest absolute Gasteiger partial charge is 0.323 e. The van der Waals surface area contributed by atoms with Crippen molar-refractivity contribution in [3.63, 3.8) is 0 Å². The summed E-state index contributed by atoms with van der Waals surface area (Å²) in [7, 11) is -4.31. The zero-order chi connectivity index (χ0) is 28.2. The van der Waals surface area contributed by atoms with Crippen LogP contribution in [0.25, 0.3) is 0 Å². The Morgan fingerprint density at radius 2 is 1.74 bits per heavy atom. The van der Waals surface area contributed by atoms with Crippen molar-refractivity contribution < 1.29 is 32.3 Å². The number of aliphatic carboxylic acids is 1. The molecule has 1 saturated carbocycles. The highest BCUT2D eigenvalue weighted by Gasteiger charge is 2.47. The monoisotopic (exact) mass is 560 g/mol. The third-order valence-corrected chi connectivity index (χ3v) is 9.12. The molecule has 2 fully saturated rings. The summed E-state index contributed by atoms with van der Waals surface area (Å²) in [5.74, 6) is -2.55. The van der Waals surface area contributed by atoms with Gasteiger partial charge >= 0.3 is 12.0 Å². The molecule has 0 spiro atoms. The number of sulfonamides is 1. The third-order valence-electron chi connectivity index (χ3n) is 7.26. The summed E-state index contributed by atoms with van der Waals surface area (Å²) in [5.41, 5.74) is 1.37. The molecule has 0 radical (unpaired) electrons. The maximum absolute atomic E-state index is 13.8. The Kier molecular flexibility index (Phi) is 8.86. The summed E-state index contributed by atoms with van der Waals surface area (Å²) >= 11 is 0. The SMILES string of the molecule is Cc1cccc(NC(=O)N2CCN(S(=O)(=O)c3ccc(F)cc3)C2C(=O)NC(CC(=O)O)C2CCCCC2)c1. The standard InChI is InChI=1S/C27H33FN4O6S/c1-18-6-5-9-21(16-18)29-27(36)31-14-15-32(39(37,38)22-12-10-20(28)11-13-22)26(31)25(35)30-23(17-24(33)34)19-7-3-2-4-8-19/h5-6,9-13,16,19,23,26H,2-4,7-8,14-15,17H2,1H3,(H,29,36)(H,30,35)(H,33,34). The third kappa shape index (κ3) is 6.74. The van der Waals surface area contributed by atoms with E-state index < -0.39 is 46.0 Å². The zero-order valence-electron chi connectivity index (χ0n) is 21.7. The van der Waals surface area contributed by atoms with Crippen LogP contribution in [0.3, 0.4) is 0 Å². The van der Waals surface area contributed by atoms with E-state index in [1.165, 1.54) is 0 Å². The number of carbonyl (C=O) groups is 3. The van der Waals surface area contributed by atoms with E-state index in [1.807, 2.05) is 13.0 Å². The second-order valence-corrected chi connectivity index (χ2v) is 11.9. The van der Waals surface area contributed by atoms with E-state index in [1.54, 1.807) is 18.2 Å². The van der Waals surface area contributed by atoms with Gasteiger partial charge in [-0.15, -0.1) is 0 Å². The fourth-order valence-corrected chi connectivity index (χ4v) is 6.87.